The molecule has 1 unspecified atom stereocenters. The molecule has 0 bridgehead atoms. The summed E-state index contributed by atoms with van der Waals surface area (Å²) in [6.45, 7) is 1.60. The van der Waals surface area contributed by atoms with Crippen LogP contribution in [0.5, 0.6) is 0 Å². The van der Waals surface area contributed by atoms with Crippen molar-refractivity contribution in [2.24, 2.45) is 5.92 Å². The van der Waals surface area contributed by atoms with Crippen molar-refractivity contribution in [3.05, 3.63) is 34.9 Å². The molecule has 2 heteroatoms. The molecule has 0 radical (unpaired) electrons. The minimum absolute atomic E-state index is 0.536. The molecule has 1 aromatic carbocycles. The molecule has 0 aromatic heterocycles. The lowest BCUT2D eigenvalue weighted by molar-refractivity contribution is 0.134. The molecular formula is C15H19BrO. The molecule has 1 aliphatic carbocycles. The van der Waals surface area contributed by atoms with Crippen molar-refractivity contribution in [3.63, 3.8) is 0 Å². The van der Waals surface area contributed by atoms with Gasteiger partial charge in [-0.2, -0.15) is 0 Å². The number of ether oxygens (including phenoxy) is 1. The number of rotatable bonds is 2. The van der Waals surface area contributed by atoms with Gasteiger partial charge >= 0.3 is 0 Å². The van der Waals surface area contributed by atoms with E-state index in [1.165, 1.54) is 48.8 Å². The van der Waals surface area contributed by atoms with Crippen LogP contribution >= 0.6 is 15.9 Å². The average Bonchev–Trinajstić information content (AvgIpc) is 2.86. The third kappa shape index (κ3) is 2.43. The van der Waals surface area contributed by atoms with Crippen molar-refractivity contribution in [1.82, 2.24) is 0 Å². The highest BCUT2D eigenvalue weighted by Gasteiger charge is 2.23. The molecule has 0 amide bonds. The van der Waals surface area contributed by atoms with Gasteiger partial charge in [0, 0.05) is 4.83 Å². The Morgan fingerprint density at radius 1 is 1.06 bits per heavy atom. The molecule has 1 heterocycles. The van der Waals surface area contributed by atoms with Gasteiger partial charge in [-0.25, -0.2) is 0 Å². The van der Waals surface area contributed by atoms with E-state index in [4.69, 9.17) is 4.74 Å². The molecule has 1 fully saturated rings. The van der Waals surface area contributed by atoms with Crippen molar-refractivity contribution >= 4 is 15.9 Å². The van der Waals surface area contributed by atoms with E-state index in [-0.39, 0.29) is 0 Å². The molecule has 3 rings (SSSR count). The number of hydrogen-bond acceptors (Lipinski definition) is 1. The van der Waals surface area contributed by atoms with E-state index in [0.29, 0.717) is 4.83 Å². The zero-order valence-electron chi connectivity index (χ0n) is 10.1. The summed E-state index contributed by atoms with van der Waals surface area (Å²) in [5.74, 6) is 0.823. The molecule has 0 N–H and O–H groups in total. The summed E-state index contributed by atoms with van der Waals surface area (Å²) in [7, 11) is 0. The summed E-state index contributed by atoms with van der Waals surface area (Å²) in [6, 6.07) is 6.87. The second-order valence-electron chi connectivity index (χ2n) is 5.32. The number of alkyl halides is 1. The lowest BCUT2D eigenvalue weighted by Crippen LogP contribution is -2.12. The number of benzene rings is 1. The topological polar surface area (TPSA) is 9.23 Å². The quantitative estimate of drug-likeness (QED) is 0.716. The molecule has 0 spiro atoms. The summed E-state index contributed by atoms with van der Waals surface area (Å²) in [5, 5.41) is 0. The van der Waals surface area contributed by atoms with Crippen molar-refractivity contribution in [1.29, 1.82) is 0 Å². The Bertz CT molecular complexity index is 396. The first-order chi connectivity index (χ1) is 8.34. The molecular weight excluding hydrogens is 276 g/mol. The van der Waals surface area contributed by atoms with Crippen LogP contribution < -0.4 is 0 Å². The maximum atomic E-state index is 5.48. The van der Waals surface area contributed by atoms with Gasteiger partial charge in [-0.1, -0.05) is 53.4 Å². The Balaban J connectivity index is 1.78. The summed E-state index contributed by atoms with van der Waals surface area (Å²) in [5.41, 5.74) is 4.21. The fourth-order valence-corrected chi connectivity index (χ4v) is 3.88. The molecule has 1 nitrogen and oxygen atoms in total. The molecule has 0 saturated heterocycles. The zero-order chi connectivity index (χ0) is 11.7. The normalized spacial score (nSPS) is 22.4. The van der Waals surface area contributed by atoms with Crippen LogP contribution in [0.25, 0.3) is 0 Å². The van der Waals surface area contributed by atoms with Gasteiger partial charge in [-0.05, 0) is 35.4 Å². The Labute approximate surface area is 112 Å². The van der Waals surface area contributed by atoms with Crippen LogP contribution in [0.1, 0.15) is 53.6 Å². The lowest BCUT2D eigenvalue weighted by Gasteiger charge is -2.26. The van der Waals surface area contributed by atoms with E-state index >= 15 is 0 Å². The van der Waals surface area contributed by atoms with Crippen LogP contribution in [0.4, 0.5) is 0 Å². The van der Waals surface area contributed by atoms with E-state index in [0.717, 1.165) is 19.1 Å². The molecule has 92 valence electrons. The van der Waals surface area contributed by atoms with Crippen LogP contribution in [0.15, 0.2) is 18.2 Å². The Kier molecular flexibility index (Phi) is 3.53. The minimum Gasteiger partial charge on any atom is -0.372 e. The van der Waals surface area contributed by atoms with Crippen LogP contribution in [-0.2, 0) is 18.0 Å². The summed E-state index contributed by atoms with van der Waals surface area (Å²) >= 11 is 3.92. The third-order valence-corrected chi connectivity index (χ3v) is 5.40. The van der Waals surface area contributed by atoms with Crippen LogP contribution in [-0.4, -0.2) is 0 Å². The fraction of sp³-hybridized carbons (Fsp3) is 0.600. The van der Waals surface area contributed by atoms with Gasteiger partial charge in [0.25, 0.3) is 0 Å². The van der Waals surface area contributed by atoms with Gasteiger partial charge in [-0.3, -0.25) is 0 Å². The lowest BCUT2D eigenvalue weighted by atomic mass is 9.84. The van der Waals surface area contributed by atoms with Crippen LogP contribution in [0.2, 0.25) is 0 Å². The first-order valence-electron chi connectivity index (χ1n) is 6.68. The van der Waals surface area contributed by atoms with E-state index in [9.17, 15) is 0 Å². The van der Waals surface area contributed by atoms with E-state index in [1.807, 2.05) is 0 Å². The van der Waals surface area contributed by atoms with Crippen molar-refractivity contribution in [2.45, 2.75) is 50.1 Å². The highest BCUT2D eigenvalue weighted by Crippen LogP contribution is 2.40. The molecule has 1 aromatic rings. The van der Waals surface area contributed by atoms with E-state index in [1.54, 1.807) is 0 Å². The molecule has 2 aliphatic rings. The first-order valence-corrected chi connectivity index (χ1v) is 7.59. The number of hydrogen-bond donors (Lipinski definition) is 0. The van der Waals surface area contributed by atoms with Crippen LogP contribution in [0, 0.1) is 5.92 Å². The Morgan fingerprint density at radius 3 is 2.65 bits per heavy atom. The van der Waals surface area contributed by atoms with Crippen molar-refractivity contribution in [2.75, 3.05) is 0 Å². The van der Waals surface area contributed by atoms with Gasteiger partial charge in [-0.15, -0.1) is 0 Å². The number of fused-ring (bicyclic) bond motifs is 1. The molecule has 1 aliphatic heterocycles. The van der Waals surface area contributed by atoms with Gasteiger partial charge in [0.15, 0.2) is 0 Å². The maximum absolute atomic E-state index is 5.48. The van der Waals surface area contributed by atoms with Crippen molar-refractivity contribution < 1.29 is 4.74 Å². The van der Waals surface area contributed by atoms with Gasteiger partial charge in [0.2, 0.25) is 0 Å². The van der Waals surface area contributed by atoms with E-state index in [2.05, 4.69) is 34.1 Å². The predicted molar refractivity (Wildman–Crippen MR) is 73.2 cm³/mol. The fourth-order valence-electron chi connectivity index (χ4n) is 3.06. The molecule has 1 saturated carbocycles. The monoisotopic (exact) mass is 294 g/mol. The zero-order valence-corrected chi connectivity index (χ0v) is 11.7. The summed E-state index contributed by atoms with van der Waals surface area (Å²) < 4.78 is 5.48. The molecule has 17 heavy (non-hydrogen) atoms. The van der Waals surface area contributed by atoms with E-state index < -0.39 is 0 Å². The minimum atomic E-state index is 0.536. The Hall–Kier alpha value is -0.340. The highest BCUT2D eigenvalue weighted by molar-refractivity contribution is 9.09. The second-order valence-corrected chi connectivity index (χ2v) is 6.31. The van der Waals surface area contributed by atoms with Gasteiger partial charge in [0.05, 0.1) is 13.2 Å². The van der Waals surface area contributed by atoms with Gasteiger partial charge < -0.3 is 4.74 Å². The number of halogens is 1. The smallest absolute Gasteiger partial charge is 0.0725 e. The highest BCUT2D eigenvalue weighted by atomic mass is 79.9. The largest absolute Gasteiger partial charge is 0.372 e. The van der Waals surface area contributed by atoms with Crippen LogP contribution in [0.3, 0.4) is 0 Å². The van der Waals surface area contributed by atoms with Gasteiger partial charge in [0.1, 0.15) is 0 Å². The summed E-state index contributed by atoms with van der Waals surface area (Å²) in [4.78, 5) is 0.536. The molecule has 1 atom stereocenters. The second kappa shape index (κ2) is 5.11. The predicted octanol–water partition coefficient (Wildman–Crippen LogP) is 4.73. The Morgan fingerprint density at radius 2 is 1.82 bits per heavy atom. The third-order valence-electron chi connectivity index (χ3n) is 4.13. The average molecular weight is 295 g/mol. The summed E-state index contributed by atoms with van der Waals surface area (Å²) in [6.07, 6.45) is 6.99. The maximum Gasteiger partial charge on any atom is 0.0725 e. The SMILES string of the molecule is BrC(c1ccc2c(c1)COC2)C1CCCCC1. The first kappa shape index (κ1) is 11.7. The van der Waals surface area contributed by atoms with Crippen molar-refractivity contribution in [3.8, 4) is 0 Å². The standard InChI is InChI=1S/C15H19BrO/c16-15(11-4-2-1-3-5-11)12-6-7-13-9-17-10-14(13)8-12/h6-8,11,15H,1-5,9-10H2.